The number of hydrogen-bond donors (Lipinski definition) is 1. The van der Waals surface area contributed by atoms with Crippen molar-refractivity contribution in [1.29, 1.82) is 0 Å². The predicted molar refractivity (Wildman–Crippen MR) is 87.6 cm³/mol. The minimum Gasteiger partial charge on any atom is -0.481 e. The largest absolute Gasteiger partial charge is 0.573 e. The van der Waals surface area contributed by atoms with Gasteiger partial charge in [0.2, 0.25) is 5.91 Å². The summed E-state index contributed by atoms with van der Waals surface area (Å²) < 4.78 is 40.6. The van der Waals surface area contributed by atoms with Gasteiger partial charge in [0.1, 0.15) is 5.75 Å². The van der Waals surface area contributed by atoms with Crippen molar-refractivity contribution in [3.8, 4) is 5.75 Å². The number of carboxylic acids is 1. The molecule has 1 aliphatic rings. The summed E-state index contributed by atoms with van der Waals surface area (Å²) in [7, 11) is 0. The van der Waals surface area contributed by atoms with Crippen LogP contribution < -0.4 is 4.74 Å². The van der Waals surface area contributed by atoms with Crippen LogP contribution in [0.15, 0.2) is 24.3 Å². The molecule has 0 aliphatic carbocycles. The lowest BCUT2D eigenvalue weighted by Gasteiger charge is -2.39. The van der Waals surface area contributed by atoms with Gasteiger partial charge in [-0.25, -0.2) is 0 Å². The number of ether oxygens (including phenoxy) is 1. The molecule has 1 fully saturated rings. The van der Waals surface area contributed by atoms with E-state index in [4.69, 9.17) is 0 Å². The Labute approximate surface area is 149 Å². The summed E-state index contributed by atoms with van der Waals surface area (Å²) >= 11 is 0. The fourth-order valence-corrected chi connectivity index (χ4v) is 3.29. The van der Waals surface area contributed by atoms with Crippen LogP contribution >= 0.6 is 0 Å². The van der Waals surface area contributed by atoms with Gasteiger partial charge in [-0.2, -0.15) is 0 Å². The van der Waals surface area contributed by atoms with E-state index in [2.05, 4.69) is 4.74 Å². The fourth-order valence-electron chi connectivity index (χ4n) is 3.29. The molecule has 5 nitrogen and oxygen atoms in total. The Bertz CT molecular complexity index is 670. The van der Waals surface area contributed by atoms with Crippen LogP contribution in [-0.4, -0.2) is 41.3 Å². The monoisotopic (exact) mass is 373 g/mol. The third kappa shape index (κ3) is 4.47. The molecule has 0 bridgehead atoms. The standard InChI is InChI=1S/C18H22F3NO4/c1-11-10-22(9-8-14(11)15(23)24)16(25)17(2,3)12-4-6-13(7-5-12)26-18(19,20)21/h4-7,11,14H,8-10H2,1-3H3,(H,23,24). The van der Waals surface area contributed by atoms with E-state index in [1.807, 2.05) is 0 Å². The highest BCUT2D eigenvalue weighted by molar-refractivity contribution is 5.87. The number of rotatable bonds is 4. The van der Waals surface area contributed by atoms with Crippen molar-refractivity contribution in [3.05, 3.63) is 29.8 Å². The van der Waals surface area contributed by atoms with E-state index in [0.29, 0.717) is 25.1 Å². The van der Waals surface area contributed by atoms with Crippen LogP contribution in [0.3, 0.4) is 0 Å². The van der Waals surface area contributed by atoms with Crippen LogP contribution in [0.5, 0.6) is 5.75 Å². The van der Waals surface area contributed by atoms with Gasteiger partial charge in [-0.05, 0) is 43.9 Å². The molecule has 26 heavy (non-hydrogen) atoms. The lowest BCUT2D eigenvalue weighted by Crippen LogP contribution is -2.50. The SMILES string of the molecule is CC1CN(C(=O)C(C)(C)c2ccc(OC(F)(F)F)cc2)CCC1C(=O)O. The summed E-state index contributed by atoms with van der Waals surface area (Å²) in [5.74, 6) is -2.02. The van der Waals surface area contributed by atoms with Crippen molar-refractivity contribution >= 4 is 11.9 Å². The van der Waals surface area contributed by atoms with E-state index in [9.17, 15) is 27.9 Å². The minimum absolute atomic E-state index is 0.163. The Morgan fingerprint density at radius 1 is 1.19 bits per heavy atom. The summed E-state index contributed by atoms with van der Waals surface area (Å²) in [4.78, 5) is 25.7. The maximum Gasteiger partial charge on any atom is 0.573 e. The Hall–Kier alpha value is -2.25. The fraction of sp³-hybridized carbons (Fsp3) is 0.556. The van der Waals surface area contributed by atoms with Gasteiger partial charge < -0.3 is 14.7 Å². The zero-order valence-corrected chi connectivity index (χ0v) is 14.8. The molecule has 1 aliphatic heterocycles. The second kappa shape index (κ2) is 7.17. The predicted octanol–water partition coefficient (Wildman–Crippen LogP) is 3.43. The molecule has 1 aromatic rings. The van der Waals surface area contributed by atoms with Crippen molar-refractivity contribution in [3.63, 3.8) is 0 Å². The summed E-state index contributed by atoms with van der Waals surface area (Å²) in [6.07, 6.45) is -4.38. The summed E-state index contributed by atoms with van der Waals surface area (Å²) in [5.41, 5.74) is -0.392. The second-order valence-corrected chi connectivity index (χ2v) is 7.16. The molecular formula is C18H22F3NO4. The molecule has 1 heterocycles. The minimum atomic E-state index is -4.77. The van der Waals surface area contributed by atoms with E-state index in [1.165, 1.54) is 24.3 Å². The van der Waals surface area contributed by atoms with E-state index >= 15 is 0 Å². The van der Waals surface area contributed by atoms with Gasteiger partial charge in [0.05, 0.1) is 11.3 Å². The van der Waals surface area contributed by atoms with Crippen molar-refractivity contribution in [2.24, 2.45) is 11.8 Å². The van der Waals surface area contributed by atoms with Crippen LogP contribution in [0.4, 0.5) is 13.2 Å². The first-order chi connectivity index (χ1) is 11.9. The molecule has 2 rings (SSSR count). The quantitative estimate of drug-likeness (QED) is 0.878. The van der Waals surface area contributed by atoms with Gasteiger partial charge in [-0.3, -0.25) is 9.59 Å². The molecule has 2 atom stereocenters. The molecule has 0 spiro atoms. The highest BCUT2D eigenvalue weighted by Gasteiger charge is 2.39. The number of piperidine rings is 1. The van der Waals surface area contributed by atoms with Crippen molar-refractivity contribution in [2.45, 2.75) is 39.0 Å². The molecule has 144 valence electrons. The van der Waals surface area contributed by atoms with Gasteiger partial charge in [-0.15, -0.1) is 13.2 Å². The Morgan fingerprint density at radius 3 is 2.23 bits per heavy atom. The average molecular weight is 373 g/mol. The maximum atomic E-state index is 12.9. The molecule has 1 aromatic carbocycles. The number of hydrogen-bond acceptors (Lipinski definition) is 3. The molecule has 1 saturated heterocycles. The zero-order chi connectivity index (χ0) is 19.7. The highest BCUT2D eigenvalue weighted by atomic mass is 19.4. The molecule has 8 heteroatoms. The van der Waals surface area contributed by atoms with Crippen LogP contribution in [0.1, 0.15) is 32.8 Å². The van der Waals surface area contributed by atoms with E-state index in [1.54, 1.807) is 25.7 Å². The third-order valence-corrected chi connectivity index (χ3v) is 4.85. The van der Waals surface area contributed by atoms with Crippen molar-refractivity contribution in [1.82, 2.24) is 4.90 Å². The molecule has 0 radical (unpaired) electrons. The van der Waals surface area contributed by atoms with Gasteiger partial charge in [0.25, 0.3) is 0 Å². The number of carbonyl (C=O) groups excluding carboxylic acids is 1. The summed E-state index contributed by atoms with van der Waals surface area (Å²) in [6.45, 7) is 5.88. The lowest BCUT2D eigenvalue weighted by molar-refractivity contribution is -0.274. The number of carboxylic acid groups (broad SMARTS) is 1. The zero-order valence-electron chi connectivity index (χ0n) is 14.8. The highest BCUT2D eigenvalue weighted by Crippen LogP contribution is 2.32. The number of nitrogens with zero attached hydrogens (tertiary/aromatic N) is 1. The summed E-state index contributed by atoms with van der Waals surface area (Å²) in [5, 5.41) is 9.18. The van der Waals surface area contributed by atoms with Crippen LogP contribution in [0.2, 0.25) is 0 Å². The maximum absolute atomic E-state index is 12.9. The smallest absolute Gasteiger partial charge is 0.481 e. The molecule has 2 unspecified atom stereocenters. The number of amides is 1. The van der Waals surface area contributed by atoms with Crippen molar-refractivity contribution < 1.29 is 32.6 Å². The molecule has 0 aromatic heterocycles. The normalized spacial score (nSPS) is 21.4. The van der Waals surface area contributed by atoms with Crippen molar-refractivity contribution in [2.75, 3.05) is 13.1 Å². The third-order valence-electron chi connectivity index (χ3n) is 4.85. The van der Waals surface area contributed by atoms with Gasteiger partial charge in [-0.1, -0.05) is 19.1 Å². The van der Waals surface area contributed by atoms with Gasteiger partial charge in [0, 0.05) is 13.1 Å². The first-order valence-electron chi connectivity index (χ1n) is 8.30. The molecule has 0 saturated carbocycles. The number of aliphatic carboxylic acids is 1. The lowest BCUT2D eigenvalue weighted by atomic mass is 9.81. The van der Waals surface area contributed by atoms with Crippen LogP contribution in [-0.2, 0) is 15.0 Å². The number of alkyl halides is 3. The van der Waals surface area contributed by atoms with E-state index in [0.717, 1.165) is 0 Å². The van der Waals surface area contributed by atoms with Crippen LogP contribution in [0, 0.1) is 11.8 Å². The first-order valence-corrected chi connectivity index (χ1v) is 8.30. The van der Waals surface area contributed by atoms with E-state index < -0.39 is 23.7 Å². The second-order valence-electron chi connectivity index (χ2n) is 7.16. The van der Waals surface area contributed by atoms with Crippen LogP contribution in [0.25, 0.3) is 0 Å². The molecule has 1 amide bonds. The number of likely N-dealkylation sites (tertiary alicyclic amines) is 1. The van der Waals surface area contributed by atoms with Gasteiger partial charge in [0.15, 0.2) is 0 Å². The number of benzene rings is 1. The number of carbonyl (C=O) groups is 2. The number of halogens is 3. The first kappa shape index (κ1) is 20.1. The summed E-state index contributed by atoms with van der Waals surface area (Å²) in [6, 6.07) is 5.23. The Balaban J connectivity index is 2.11. The molecule has 1 N–H and O–H groups in total. The average Bonchev–Trinajstić information content (AvgIpc) is 2.52. The van der Waals surface area contributed by atoms with Gasteiger partial charge >= 0.3 is 12.3 Å². The Kier molecular flexibility index (Phi) is 5.53. The topological polar surface area (TPSA) is 66.8 Å². The van der Waals surface area contributed by atoms with E-state index in [-0.39, 0.29) is 17.6 Å². The Morgan fingerprint density at radius 2 is 1.77 bits per heavy atom. The molecular weight excluding hydrogens is 351 g/mol.